The number of benzene rings is 2. The Morgan fingerprint density at radius 1 is 1.03 bits per heavy atom. The van der Waals surface area contributed by atoms with E-state index in [1.165, 1.54) is 12.8 Å². The third kappa shape index (κ3) is 4.64. The van der Waals surface area contributed by atoms with Gasteiger partial charge in [-0.25, -0.2) is 9.97 Å². The van der Waals surface area contributed by atoms with Gasteiger partial charge in [-0.3, -0.25) is 9.20 Å². The lowest BCUT2D eigenvalue weighted by atomic mass is 10.0. The van der Waals surface area contributed by atoms with Crippen LogP contribution in [0.5, 0.6) is 17.2 Å². The van der Waals surface area contributed by atoms with Gasteiger partial charge in [0, 0.05) is 36.5 Å². The van der Waals surface area contributed by atoms with Gasteiger partial charge in [-0.2, -0.15) is 0 Å². The molecular formula is C27H28N4O4. The molecule has 0 aliphatic heterocycles. The van der Waals surface area contributed by atoms with Crippen LogP contribution in [0.15, 0.2) is 55.0 Å². The number of rotatable bonds is 10. The summed E-state index contributed by atoms with van der Waals surface area (Å²) in [5.41, 5.74) is 4.34. The second-order valence-electron chi connectivity index (χ2n) is 8.65. The van der Waals surface area contributed by atoms with Gasteiger partial charge in [-0.05, 0) is 36.5 Å². The van der Waals surface area contributed by atoms with Gasteiger partial charge in [0.2, 0.25) is 5.75 Å². The predicted molar refractivity (Wildman–Crippen MR) is 134 cm³/mol. The summed E-state index contributed by atoms with van der Waals surface area (Å²) in [7, 11) is 4.77. The molecule has 0 unspecified atom stereocenters. The zero-order valence-electron chi connectivity index (χ0n) is 20.1. The number of anilines is 1. The number of ketones is 1. The summed E-state index contributed by atoms with van der Waals surface area (Å²) in [5, 5.41) is 3.37. The number of aromatic nitrogens is 3. The lowest BCUT2D eigenvalue weighted by Crippen LogP contribution is -2.05. The Labute approximate surface area is 203 Å². The van der Waals surface area contributed by atoms with E-state index in [0.717, 1.165) is 22.4 Å². The minimum atomic E-state index is 0.222. The van der Waals surface area contributed by atoms with Gasteiger partial charge >= 0.3 is 0 Å². The Balaban J connectivity index is 1.37. The molecule has 0 amide bonds. The molecule has 35 heavy (non-hydrogen) atoms. The van der Waals surface area contributed by atoms with E-state index in [-0.39, 0.29) is 5.78 Å². The second-order valence-corrected chi connectivity index (χ2v) is 8.65. The van der Waals surface area contributed by atoms with Gasteiger partial charge < -0.3 is 19.5 Å². The summed E-state index contributed by atoms with van der Waals surface area (Å²) in [6.45, 7) is 0.489. The summed E-state index contributed by atoms with van der Waals surface area (Å²) < 4.78 is 18.3. The fraction of sp³-hybridized carbons (Fsp3) is 0.296. The maximum atomic E-state index is 12.4. The quantitative estimate of drug-likeness (QED) is 0.324. The molecule has 0 atom stereocenters. The molecule has 0 bridgehead atoms. The van der Waals surface area contributed by atoms with Crippen molar-refractivity contribution in [2.24, 2.45) is 5.92 Å². The summed E-state index contributed by atoms with van der Waals surface area (Å²) in [5.74, 6) is 3.20. The average Bonchev–Trinajstić information content (AvgIpc) is 3.61. The number of hydrogen-bond acceptors (Lipinski definition) is 7. The van der Waals surface area contributed by atoms with Crippen LogP contribution in [0.3, 0.4) is 0 Å². The molecule has 0 spiro atoms. The minimum absolute atomic E-state index is 0.222. The summed E-state index contributed by atoms with van der Waals surface area (Å²) in [6, 6.07) is 11.6. The van der Waals surface area contributed by atoms with Crippen molar-refractivity contribution in [1.82, 2.24) is 14.4 Å². The lowest BCUT2D eigenvalue weighted by molar-refractivity contribution is 0.0976. The van der Waals surface area contributed by atoms with Crippen molar-refractivity contribution in [3.8, 4) is 28.5 Å². The van der Waals surface area contributed by atoms with Gasteiger partial charge in [-0.1, -0.05) is 24.3 Å². The van der Waals surface area contributed by atoms with Gasteiger partial charge in [0.05, 0.1) is 33.2 Å². The first-order chi connectivity index (χ1) is 17.1. The second kappa shape index (κ2) is 9.66. The van der Waals surface area contributed by atoms with Crippen molar-refractivity contribution in [3.05, 3.63) is 66.1 Å². The highest BCUT2D eigenvalue weighted by atomic mass is 16.5. The number of ether oxygens (including phenoxy) is 3. The number of Topliss-reactive ketones (excluding diaryl/α,β-unsaturated/α-hetero) is 1. The number of hydrogen-bond donors (Lipinski definition) is 1. The van der Waals surface area contributed by atoms with Crippen molar-refractivity contribution in [3.63, 3.8) is 0 Å². The third-order valence-electron chi connectivity index (χ3n) is 6.29. The largest absolute Gasteiger partial charge is 0.493 e. The van der Waals surface area contributed by atoms with Crippen molar-refractivity contribution in [2.45, 2.75) is 25.8 Å². The molecule has 2 aromatic heterocycles. The Bertz CT molecular complexity index is 1330. The smallest absolute Gasteiger partial charge is 0.203 e. The maximum absolute atomic E-state index is 12.4. The molecule has 8 heteroatoms. The summed E-state index contributed by atoms with van der Waals surface area (Å²) >= 11 is 0. The number of carbonyl (C=O) groups is 1. The normalized spacial score (nSPS) is 13.0. The highest BCUT2D eigenvalue weighted by Crippen LogP contribution is 2.38. The molecule has 5 rings (SSSR count). The van der Waals surface area contributed by atoms with Crippen molar-refractivity contribution in [1.29, 1.82) is 0 Å². The molecule has 1 saturated carbocycles. The van der Waals surface area contributed by atoms with E-state index in [4.69, 9.17) is 14.2 Å². The van der Waals surface area contributed by atoms with Crippen LogP contribution in [-0.2, 0) is 6.54 Å². The highest BCUT2D eigenvalue weighted by molar-refractivity contribution is 5.96. The SMILES string of the molecule is COc1cc(CNc2nccn3c(-c4ccc(C(=O)CC5CC5)cc4)cnc23)cc(OC)c1OC. The van der Waals surface area contributed by atoms with E-state index in [9.17, 15) is 4.79 Å². The van der Waals surface area contributed by atoms with Crippen molar-refractivity contribution in [2.75, 3.05) is 26.6 Å². The van der Waals surface area contributed by atoms with Crippen LogP contribution < -0.4 is 19.5 Å². The molecule has 1 N–H and O–H groups in total. The third-order valence-corrected chi connectivity index (χ3v) is 6.29. The molecule has 0 radical (unpaired) electrons. The first-order valence-electron chi connectivity index (χ1n) is 11.6. The molecule has 180 valence electrons. The van der Waals surface area contributed by atoms with E-state index in [1.54, 1.807) is 27.5 Å². The number of carbonyl (C=O) groups excluding carboxylic acids is 1. The molecule has 2 aromatic carbocycles. The first kappa shape index (κ1) is 22.7. The maximum Gasteiger partial charge on any atom is 0.203 e. The van der Waals surface area contributed by atoms with Crippen LogP contribution in [0.25, 0.3) is 16.9 Å². The fourth-order valence-corrected chi connectivity index (χ4v) is 4.21. The molecule has 0 saturated heterocycles. The molecule has 4 aromatic rings. The average molecular weight is 473 g/mol. The Morgan fingerprint density at radius 2 is 1.74 bits per heavy atom. The summed E-state index contributed by atoms with van der Waals surface area (Å²) in [6.07, 6.45) is 8.45. The lowest BCUT2D eigenvalue weighted by Gasteiger charge is -2.14. The van der Waals surface area contributed by atoms with E-state index in [1.807, 2.05) is 53.2 Å². The predicted octanol–water partition coefficient (Wildman–Crippen LogP) is 5.02. The summed E-state index contributed by atoms with van der Waals surface area (Å²) in [4.78, 5) is 21.5. The monoisotopic (exact) mass is 472 g/mol. The van der Waals surface area contributed by atoms with Gasteiger partial charge in [0.15, 0.2) is 28.7 Å². The van der Waals surface area contributed by atoms with E-state index in [2.05, 4.69) is 15.3 Å². The zero-order chi connectivity index (χ0) is 24.4. The van der Waals surface area contributed by atoms with E-state index in [0.29, 0.717) is 47.6 Å². The van der Waals surface area contributed by atoms with E-state index >= 15 is 0 Å². The Morgan fingerprint density at radius 3 is 2.37 bits per heavy atom. The topological polar surface area (TPSA) is 87.0 Å². The van der Waals surface area contributed by atoms with Gasteiger partial charge in [0.1, 0.15) is 0 Å². The van der Waals surface area contributed by atoms with Crippen molar-refractivity contribution >= 4 is 17.2 Å². The zero-order valence-corrected chi connectivity index (χ0v) is 20.1. The molecular weight excluding hydrogens is 444 g/mol. The Hall–Kier alpha value is -4.07. The van der Waals surface area contributed by atoms with Crippen LogP contribution >= 0.6 is 0 Å². The fourth-order valence-electron chi connectivity index (χ4n) is 4.21. The first-order valence-corrected chi connectivity index (χ1v) is 11.6. The molecule has 8 nitrogen and oxygen atoms in total. The van der Waals surface area contributed by atoms with Crippen molar-refractivity contribution < 1.29 is 19.0 Å². The molecule has 1 aliphatic rings. The van der Waals surface area contributed by atoms with Crippen LogP contribution in [0.1, 0.15) is 35.2 Å². The highest BCUT2D eigenvalue weighted by Gasteiger charge is 2.25. The minimum Gasteiger partial charge on any atom is -0.493 e. The molecule has 1 fully saturated rings. The number of imidazole rings is 1. The van der Waals surface area contributed by atoms with Gasteiger partial charge in [-0.15, -0.1) is 0 Å². The number of nitrogens with one attached hydrogen (secondary N) is 1. The molecule has 1 aliphatic carbocycles. The Kier molecular flexibility index (Phi) is 6.27. The van der Waals surface area contributed by atoms with E-state index < -0.39 is 0 Å². The van der Waals surface area contributed by atoms with Gasteiger partial charge in [0.25, 0.3) is 0 Å². The number of nitrogens with zero attached hydrogens (tertiary/aromatic N) is 3. The van der Waals surface area contributed by atoms with Crippen LogP contribution in [0, 0.1) is 5.92 Å². The van der Waals surface area contributed by atoms with Crippen LogP contribution in [-0.4, -0.2) is 41.5 Å². The van der Waals surface area contributed by atoms with Crippen LogP contribution in [0.2, 0.25) is 0 Å². The standard InChI is InChI=1S/C27H28N4O4/c1-33-23-13-18(14-24(34-2)25(23)35-3)15-29-26-27-30-16-21(31(27)11-10-28-26)19-6-8-20(9-7-19)22(32)12-17-4-5-17/h6-11,13-14,16-17H,4-5,12,15H2,1-3H3,(H,28,29). The van der Waals surface area contributed by atoms with Crippen LogP contribution in [0.4, 0.5) is 5.82 Å². The number of methoxy groups -OCH3 is 3. The molecule has 2 heterocycles. The number of fused-ring (bicyclic) bond motifs is 1.